The monoisotopic (exact) mass is 338 g/mol. The number of hydrogen-bond donors (Lipinski definition) is 2. The second kappa shape index (κ2) is 5.41. The molecule has 0 aliphatic heterocycles. The van der Waals surface area contributed by atoms with Crippen molar-refractivity contribution >= 4 is 38.9 Å². The predicted molar refractivity (Wildman–Crippen MR) is 87.5 cm³/mol. The first kappa shape index (κ1) is 13.4. The lowest BCUT2D eigenvalue weighted by atomic mass is 9.95. The van der Waals surface area contributed by atoms with Crippen LogP contribution in [0.25, 0.3) is 0 Å². The van der Waals surface area contributed by atoms with Gasteiger partial charge in [0.2, 0.25) is 0 Å². The van der Waals surface area contributed by atoms with Crippen LogP contribution >= 0.6 is 28.1 Å². The van der Waals surface area contributed by atoms with E-state index in [2.05, 4.69) is 45.6 Å². The number of aryl methyl sites for hydroxylation is 1. The van der Waals surface area contributed by atoms with Crippen molar-refractivity contribution in [2.45, 2.75) is 38.6 Å². The molecule has 2 aliphatic carbocycles. The summed E-state index contributed by atoms with van der Waals surface area (Å²) >= 11 is 8.93. The molecule has 2 nitrogen and oxygen atoms in total. The number of anilines is 1. The summed E-state index contributed by atoms with van der Waals surface area (Å²) in [5.41, 5.74) is 2.29. The number of rotatable bonds is 2. The van der Waals surface area contributed by atoms with Gasteiger partial charge >= 0.3 is 0 Å². The molecule has 1 aromatic rings. The normalized spacial score (nSPS) is 28.4. The van der Waals surface area contributed by atoms with Gasteiger partial charge in [-0.1, -0.05) is 22.4 Å². The molecule has 2 aliphatic rings. The highest BCUT2D eigenvalue weighted by atomic mass is 79.9. The first-order valence-electron chi connectivity index (χ1n) is 6.95. The molecule has 102 valence electrons. The van der Waals surface area contributed by atoms with E-state index in [4.69, 9.17) is 12.2 Å². The maximum absolute atomic E-state index is 5.45. The molecule has 2 bridgehead atoms. The van der Waals surface area contributed by atoms with E-state index in [9.17, 15) is 0 Å². The van der Waals surface area contributed by atoms with Crippen LogP contribution in [0.2, 0.25) is 0 Å². The Hall–Kier alpha value is -0.610. The van der Waals surface area contributed by atoms with E-state index < -0.39 is 0 Å². The average Bonchev–Trinajstić information content (AvgIpc) is 2.95. The van der Waals surface area contributed by atoms with Gasteiger partial charge < -0.3 is 10.6 Å². The summed E-state index contributed by atoms with van der Waals surface area (Å²) < 4.78 is 1.10. The van der Waals surface area contributed by atoms with Gasteiger partial charge in [-0.05, 0) is 74.0 Å². The Labute approximate surface area is 128 Å². The fraction of sp³-hybridized carbons (Fsp3) is 0.533. The predicted octanol–water partition coefficient (Wildman–Crippen LogP) is 4.23. The third kappa shape index (κ3) is 2.95. The lowest BCUT2D eigenvalue weighted by Crippen LogP contribution is -2.40. The van der Waals surface area contributed by atoms with Crippen LogP contribution in [-0.2, 0) is 0 Å². The Kier molecular flexibility index (Phi) is 3.81. The van der Waals surface area contributed by atoms with Crippen LogP contribution in [0.15, 0.2) is 22.7 Å². The van der Waals surface area contributed by atoms with Gasteiger partial charge in [0, 0.05) is 16.2 Å². The third-order valence-electron chi connectivity index (χ3n) is 4.49. The van der Waals surface area contributed by atoms with Crippen molar-refractivity contribution in [2.24, 2.45) is 11.8 Å². The Morgan fingerprint density at radius 3 is 2.79 bits per heavy atom. The van der Waals surface area contributed by atoms with Crippen LogP contribution < -0.4 is 10.6 Å². The van der Waals surface area contributed by atoms with Gasteiger partial charge in [0.15, 0.2) is 5.11 Å². The molecule has 2 fully saturated rings. The summed E-state index contributed by atoms with van der Waals surface area (Å²) in [4.78, 5) is 0. The summed E-state index contributed by atoms with van der Waals surface area (Å²) in [6, 6.07) is 6.79. The molecule has 3 rings (SSSR count). The summed E-state index contributed by atoms with van der Waals surface area (Å²) in [5.74, 6) is 1.79. The minimum Gasteiger partial charge on any atom is -0.359 e. The molecule has 0 spiro atoms. The van der Waals surface area contributed by atoms with Crippen molar-refractivity contribution in [3.63, 3.8) is 0 Å². The van der Waals surface area contributed by atoms with Gasteiger partial charge in [-0.3, -0.25) is 0 Å². The molecule has 19 heavy (non-hydrogen) atoms. The molecular formula is C15H19BrN2S. The lowest BCUT2D eigenvalue weighted by Gasteiger charge is -2.24. The largest absolute Gasteiger partial charge is 0.359 e. The summed E-state index contributed by atoms with van der Waals surface area (Å²) in [6.07, 6.45) is 5.50. The fourth-order valence-corrected chi connectivity index (χ4v) is 4.25. The van der Waals surface area contributed by atoms with Gasteiger partial charge in [-0.15, -0.1) is 0 Å². The molecule has 1 aromatic carbocycles. The van der Waals surface area contributed by atoms with Crippen LogP contribution in [0.3, 0.4) is 0 Å². The van der Waals surface area contributed by atoms with E-state index in [-0.39, 0.29) is 0 Å². The first-order valence-corrected chi connectivity index (χ1v) is 8.15. The Bertz CT molecular complexity index is 503. The number of thiocarbonyl (C=S) groups is 1. The average molecular weight is 339 g/mol. The zero-order chi connectivity index (χ0) is 13.4. The van der Waals surface area contributed by atoms with Gasteiger partial charge in [0.25, 0.3) is 0 Å². The number of benzene rings is 1. The van der Waals surface area contributed by atoms with E-state index in [1.54, 1.807) is 0 Å². The van der Waals surface area contributed by atoms with Crippen molar-refractivity contribution < 1.29 is 0 Å². The second-order valence-corrected chi connectivity index (χ2v) is 7.16. The lowest BCUT2D eigenvalue weighted by molar-refractivity contribution is 0.392. The van der Waals surface area contributed by atoms with E-state index in [1.165, 1.54) is 31.2 Å². The van der Waals surface area contributed by atoms with E-state index in [0.717, 1.165) is 27.1 Å². The van der Waals surface area contributed by atoms with Crippen molar-refractivity contribution in [1.82, 2.24) is 5.32 Å². The summed E-state index contributed by atoms with van der Waals surface area (Å²) in [6.45, 7) is 2.09. The molecule has 4 heteroatoms. The SMILES string of the molecule is Cc1cc(Br)ccc1NC(=S)N[C@@H]1C[C@H]2CC[C@@H]1C2. The molecule has 3 atom stereocenters. The fourth-order valence-electron chi connectivity index (χ4n) is 3.52. The third-order valence-corrected chi connectivity index (χ3v) is 5.20. The van der Waals surface area contributed by atoms with E-state index in [0.29, 0.717) is 6.04 Å². The molecular weight excluding hydrogens is 320 g/mol. The van der Waals surface area contributed by atoms with Crippen molar-refractivity contribution in [1.29, 1.82) is 0 Å². The summed E-state index contributed by atoms with van der Waals surface area (Å²) in [5, 5.41) is 7.60. The first-order chi connectivity index (χ1) is 9.11. The Balaban J connectivity index is 1.59. The van der Waals surface area contributed by atoms with Gasteiger partial charge in [-0.25, -0.2) is 0 Å². The van der Waals surface area contributed by atoms with Crippen molar-refractivity contribution in [3.8, 4) is 0 Å². The molecule has 0 amide bonds. The number of nitrogens with one attached hydrogen (secondary N) is 2. The van der Waals surface area contributed by atoms with Gasteiger partial charge in [0.1, 0.15) is 0 Å². The van der Waals surface area contributed by atoms with Crippen LogP contribution in [0.5, 0.6) is 0 Å². The van der Waals surface area contributed by atoms with E-state index >= 15 is 0 Å². The number of hydrogen-bond acceptors (Lipinski definition) is 1. The van der Waals surface area contributed by atoms with Crippen LogP contribution in [0.4, 0.5) is 5.69 Å². The van der Waals surface area contributed by atoms with E-state index in [1.807, 2.05) is 6.07 Å². The van der Waals surface area contributed by atoms with Crippen LogP contribution in [0.1, 0.15) is 31.2 Å². The minimum absolute atomic E-state index is 0.592. The smallest absolute Gasteiger partial charge is 0.171 e. The second-order valence-electron chi connectivity index (χ2n) is 5.84. The molecule has 0 radical (unpaired) electrons. The van der Waals surface area contributed by atoms with Crippen LogP contribution in [0, 0.1) is 18.8 Å². The Morgan fingerprint density at radius 1 is 1.32 bits per heavy atom. The van der Waals surface area contributed by atoms with Crippen LogP contribution in [-0.4, -0.2) is 11.2 Å². The molecule has 0 unspecified atom stereocenters. The van der Waals surface area contributed by atoms with Gasteiger partial charge in [-0.2, -0.15) is 0 Å². The number of halogens is 1. The zero-order valence-electron chi connectivity index (χ0n) is 11.1. The minimum atomic E-state index is 0.592. The van der Waals surface area contributed by atoms with Crippen molar-refractivity contribution in [2.75, 3.05) is 5.32 Å². The molecule has 0 heterocycles. The maximum atomic E-state index is 5.45. The molecule has 2 N–H and O–H groups in total. The number of fused-ring (bicyclic) bond motifs is 2. The molecule has 0 aromatic heterocycles. The highest BCUT2D eigenvalue weighted by Crippen LogP contribution is 2.44. The summed E-state index contributed by atoms with van der Waals surface area (Å²) in [7, 11) is 0. The molecule has 0 saturated heterocycles. The highest BCUT2D eigenvalue weighted by Gasteiger charge is 2.39. The topological polar surface area (TPSA) is 24.1 Å². The molecule has 2 saturated carbocycles. The van der Waals surface area contributed by atoms with Gasteiger partial charge in [0.05, 0.1) is 0 Å². The standard InChI is InChI=1S/C15H19BrN2S/c1-9-6-12(16)4-5-13(9)17-15(19)18-14-8-10-2-3-11(14)7-10/h4-6,10-11,14H,2-3,7-8H2,1H3,(H2,17,18,19)/t10-,11+,14+/m0/s1. The maximum Gasteiger partial charge on any atom is 0.171 e. The zero-order valence-corrected chi connectivity index (χ0v) is 13.5. The highest BCUT2D eigenvalue weighted by molar-refractivity contribution is 9.10. The quantitative estimate of drug-likeness (QED) is 0.789. The Morgan fingerprint density at radius 2 is 2.16 bits per heavy atom. The van der Waals surface area contributed by atoms with Crippen molar-refractivity contribution in [3.05, 3.63) is 28.2 Å².